The number of benzene rings is 2. The molecule has 2 aromatic rings. The Bertz CT molecular complexity index is 963. The van der Waals surface area contributed by atoms with E-state index in [2.05, 4.69) is 19.2 Å². The van der Waals surface area contributed by atoms with Gasteiger partial charge in [0.25, 0.3) is 5.91 Å². The van der Waals surface area contributed by atoms with Crippen molar-refractivity contribution in [3.05, 3.63) is 53.6 Å². The zero-order valence-corrected chi connectivity index (χ0v) is 18.0. The van der Waals surface area contributed by atoms with Gasteiger partial charge in [0.15, 0.2) is 0 Å². The molecular weight excluding hydrogens is 388 g/mol. The van der Waals surface area contributed by atoms with Crippen LogP contribution in [0.4, 0.5) is 5.69 Å². The number of piperidine rings is 1. The topological polar surface area (TPSA) is 75.7 Å². The molecule has 1 N–H and O–H groups in total. The van der Waals surface area contributed by atoms with E-state index in [-0.39, 0.29) is 22.1 Å². The van der Waals surface area contributed by atoms with Crippen LogP contribution in [0.25, 0.3) is 0 Å². The van der Waals surface area contributed by atoms with Crippen LogP contribution in [0.1, 0.15) is 54.9 Å². The first-order valence-corrected chi connectivity index (χ1v) is 11.4. The minimum absolute atomic E-state index is 0.0321. The molecule has 1 saturated heterocycles. The van der Waals surface area contributed by atoms with Gasteiger partial charge in [0.1, 0.15) is 10.6 Å². The number of ether oxygens (including phenoxy) is 1. The molecule has 7 heteroatoms. The number of rotatable bonds is 6. The summed E-state index contributed by atoms with van der Waals surface area (Å²) in [6, 6.07) is 12.2. The van der Waals surface area contributed by atoms with Crippen molar-refractivity contribution in [1.29, 1.82) is 0 Å². The standard InChI is InChI=1S/C22H28N2O4S/c1-16(2)17-7-10-19(11-8-17)23-22(25)18-9-12-20(28-3)21(15-18)29(26,27)24-13-5-4-6-14-24/h7-12,15-16H,4-6,13-14H2,1-3H3,(H,23,25). The number of carbonyl (C=O) groups excluding carboxylic acids is 1. The Morgan fingerprint density at radius 3 is 2.28 bits per heavy atom. The van der Waals surface area contributed by atoms with Crippen molar-refractivity contribution in [1.82, 2.24) is 4.31 Å². The summed E-state index contributed by atoms with van der Waals surface area (Å²) in [6.07, 6.45) is 2.71. The van der Waals surface area contributed by atoms with E-state index in [0.29, 0.717) is 24.7 Å². The van der Waals surface area contributed by atoms with Gasteiger partial charge in [-0.25, -0.2) is 8.42 Å². The third-order valence-corrected chi connectivity index (χ3v) is 7.11. The lowest BCUT2D eigenvalue weighted by Crippen LogP contribution is -2.35. The highest BCUT2D eigenvalue weighted by atomic mass is 32.2. The average Bonchev–Trinajstić information content (AvgIpc) is 2.74. The van der Waals surface area contributed by atoms with Crippen LogP contribution < -0.4 is 10.1 Å². The van der Waals surface area contributed by atoms with Crippen LogP contribution >= 0.6 is 0 Å². The van der Waals surface area contributed by atoms with Crippen LogP contribution in [0.2, 0.25) is 0 Å². The zero-order chi connectivity index (χ0) is 21.0. The van der Waals surface area contributed by atoms with Crippen LogP contribution in [0, 0.1) is 0 Å². The maximum atomic E-state index is 13.1. The summed E-state index contributed by atoms with van der Waals surface area (Å²) in [5.74, 6) is 0.289. The Balaban J connectivity index is 1.86. The number of hydrogen-bond acceptors (Lipinski definition) is 4. The van der Waals surface area contributed by atoms with Gasteiger partial charge in [-0.15, -0.1) is 0 Å². The summed E-state index contributed by atoms with van der Waals surface area (Å²) < 4.78 is 33.0. The van der Waals surface area contributed by atoms with Gasteiger partial charge in [0.2, 0.25) is 10.0 Å². The molecule has 1 aliphatic rings. The van der Waals surface area contributed by atoms with Crippen molar-refractivity contribution in [2.24, 2.45) is 0 Å². The second kappa shape index (κ2) is 8.97. The first kappa shape index (κ1) is 21.3. The Morgan fingerprint density at radius 1 is 1.03 bits per heavy atom. The fraction of sp³-hybridized carbons (Fsp3) is 0.409. The summed E-state index contributed by atoms with van der Waals surface area (Å²) in [5.41, 5.74) is 2.12. The smallest absolute Gasteiger partial charge is 0.255 e. The first-order chi connectivity index (χ1) is 13.8. The third-order valence-electron chi connectivity index (χ3n) is 5.19. The van der Waals surface area contributed by atoms with E-state index in [0.717, 1.165) is 19.3 Å². The summed E-state index contributed by atoms with van der Waals surface area (Å²) >= 11 is 0. The molecule has 0 spiro atoms. The molecule has 156 valence electrons. The third kappa shape index (κ3) is 4.79. The molecule has 1 fully saturated rings. The first-order valence-electron chi connectivity index (χ1n) is 9.92. The van der Waals surface area contributed by atoms with E-state index in [1.54, 1.807) is 6.07 Å². The van der Waals surface area contributed by atoms with E-state index in [9.17, 15) is 13.2 Å². The highest BCUT2D eigenvalue weighted by Crippen LogP contribution is 2.30. The predicted octanol–water partition coefficient (Wildman–Crippen LogP) is 4.25. The SMILES string of the molecule is COc1ccc(C(=O)Nc2ccc(C(C)C)cc2)cc1S(=O)(=O)N1CCCCC1. The molecular formula is C22H28N2O4S. The number of carbonyl (C=O) groups is 1. The number of sulfonamides is 1. The quantitative estimate of drug-likeness (QED) is 0.764. The molecule has 6 nitrogen and oxygen atoms in total. The average molecular weight is 417 g/mol. The Morgan fingerprint density at radius 2 is 1.69 bits per heavy atom. The largest absolute Gasteiger partial charge is 0.495 e. The van der Waals surface area contributed by atoms with Gasteiger partial charge >= 0.3 is 0 Å². The van der Waals surface area contributed by atoms with E-state index >= 15 is 0 Å². The lowest BCUT2D eigenvalue weighted by molar-refractivity contribution is 0.102. The van der Waals surface area contributed by atoms with Crippen LogP contribution in [-0.4, -0.2) is 38.8 Å². The number of nitrogens with zero attached hydrogens (tertiary/aromatic N) is 1. The van der Waals surface area contributed by atoms with Crippen LogP contribution in [0.3, 0.4) is 0 Å². The van der Waals surface area contributed by atoms with E-state index in [1.807, 2.05) is 24.3 Å². The fourth-order valence-electron chi connectivity index (χ4n) is 3.42. The van der Waals surface area contributed by atoms with Crippen molar-refractivity contribution in [3.63, 3.8) is 0 Å². The lowest BCUT2D eigenvalue weighted by Gasteiger charge is -2.26. The van der Waals surface area contributed by atoms with Gasteiger partial charge in [-0.3, -0.25) is 4.79 Å². The van der Waals surface area contributed by atoms with Gasteiger partial charge in [-0.1, -0.05) is 32.4 Å². The number of nitrogens with one attached hydrogen (secondary N) is 1. The van der Waals surface area contributed by atoms with Gasteiger partial charge in [0, 0.05) is 24.3 Å². The van der Waals surface area contributed by atoms with Crippen LogP contribution in [0.5, 0.6) is 5.75 Å². The fourth-order valence-corrected chi connectivity index (χ4v) is 5.12. The molecule has 3 rings (SSSR count). The molecule has 0 aromatic heterocycles. The molecule has 0 bridgehead atoms. The molecule has 0 radical (unpaired) electrons. The van der Waals surface area contributed by atoms with Crippen molar-refractivity contribution < 1.29 is 17.9 Å². The molecule has 0 aliphatic carbocycles. The van der Waals surface area contributed by atoms with Crippen LogP contribution in [-0.2, 0) is 10.0 Å². The normalized spacial score (nSPS) is 15.3. The Hall–Kier alpha value is -2.38. The maximum absolute atomic E-state index is 13.1. The van der Waals surface area contributed by atoms with Gasteiger partial charge < -0.3 is 10.1 Å². The molecule has 0 saturated carbocycles. The second-order valence-electron chi connectivity index (χ2n) is 7.56. The Labute approximate surface area is 172 Å². The number of amides is 1. The molecule has 1 heterocycles. The van der Waals surface area contributed by atoms with Crippen molar-refractivity contribution >= 4 is 21.6 Å². The number of hydrogen-bond donors (Lipinski definition) is 1. The summed E-state index contributed by atoms with van der Waals surface area (Å²) in [4.78, 5) is 12.8. The van der Waals surface area contributed by atoms with Crippen LogP contribution in [0.15, 0.2) is 47.4 Å². The molecule has 29 heavy (non-hydrogen) atoms. The molecule has 1 aliphatic heterocycles. The lowest BCUT2D eigenvalue weighted by atomic mass is 10.0. The number of methoxy groups -OCH3 is 1. The molecule has 0 atom stereocenters. The molecule has 2 aromatic carbocycles. The molecule has 0 unspecified atom stereocenters. The monoisotopic (exact) mass is 416 g/mol. The summed E-state index contributed by atoms with van der Waals surface area (Å²) in [7, 11) is -2.29. The minimum Gasteiger partial charge on any atom is -0.495 e. The summed E-state index contributed by atoms with van der Waals surface area (Å²) in [5, 5.41) is 2.83. The maximum Gasteiger partial charge on any atom is 0.255 e. The van der Waals surface area contributed by atoms with Gasteiger partial charge in [0.05, 0.1) is 7.11 Å². The van der Waals surface area contributed by atoms with Gasteiger partial charge in [-0.2, -0.15) is 4.31 Å². The minimum atomic E-state index is -3.72. The van der Waals surface area contributed by atoms with Gasteiger partial charge in [-0.05, 0) is 54.7 Å². The predicted molar refractivity (Wildman–Crippen MR) is 114 cm³/mol. The highest BCUT2D eigenvalue weighted by Gasteiger charge is 2.29. The van der Waals surface area contributed by atoms with E-state index < -0.39 is 10.0 Å². The zero-order valence-electron chi connectivity index (χ0n) is 17.1. The summed E-state index contributed by atoms with van der Waals surface area (Å²) in [6.45, 7) is 5.19. The highest BCUT2D eigenvalue weighted by molar-refractivity contribution is 7.89. The van der Waals surface area contributed by atoms with E-state index in [4.69, 9.17) is 4.74 Å². The molecule has 1 amide bonds. The van der Waals surface area contributed by atoms with Crippen molar-refractivity contribution in [2.75, 3.05) is 25.5 Å². The van der Waals surface area contributed by atoms with Crippen molar-refractivity contribution in [2.45, 2.75) is 43.9 Å². The van der Waals surface area contributed by atoms with Crippen molar-refractivity contribution in [3.8, 4) is 5.75 Å². The second-order valence-corrected chi connectivity index (χ2v) is 9.47. The number of anilines is 1. The Kier molecular flexibility index (Phi) is 6.59. The van der Waals surface area contributed by atoms with E-state index in [1.165, 1.54) is 29.1 Å².